The van der Waals surface area contributed by atoms with Crippen LogP contribution in [0.25, 0.3) is 11.5 Å². The van der Waals surface area contributed by atoms with Crippen LogP contribution in [-0.2, 0) is 0 Å². The van der Waals surface area contributed by atoms with E-state index < -0.39 is 0 Å². The van der Waals surface area contributed by atoms with Crippen LogP contribution in [0.5, 0.6) is 0 Å². The Bertz CT molecular complexity index is 424. The molecule has 0 aliphatic rings. The number of hydrogen-bond acceptors (Lipinski definition) is 4. The lowest BCUT2D eigenvalue weighted by Gasteiger charge is -1.99. The third kappa shape index (κ3) is 1.85. The Morgan fingerprint density at radius 3 is 2.64 bits per heavy atom. The molecule has 2 aromatic heterocycles. The molecule has 2 aromatic rings. The number of rotatable bonds is 1. The third-order valence-corrected chi connectivity index (χ3v) is 1.78. The van der Waals surface area contributed by atoms with Crippen molar-refractivity contribution in [2.45, 2.75) is 6.92 Å². The monoisotopic (exact) mass is 206 g/mol. The molecule has 0 aliphatic heterocycles. The van der Waals surface area contributed by atoms with Gasteiger partial charge in [0.25, 0.3) is 0 Å². The number of halogens is 1. The van der Waals surface area contributed by atoms with E-state index in [-0.39, 0.29) is 5.28 Å². The zero-order valence-electron chi connectivity index (χ0n) is 7.48. The Morgan fingerprint density at radius 2 is 2.00 bits per heavy atom. The topological polar surface area (TPSA) is 51.6 Å². The second kappa shape index (κ2) is 3.67. The maximum Gasteiger partial charge on any atom is 0.226 e. The molecule has 0 aliphatic carbocycles. The summed E-state index contributed by atoms with van der Waals surface area (Å²) < 4.78 is 0. The largest absolute Gasteiger partial charge is 0.253 e. The predicted octanol–water partition coefficient (Wildman–Crippen LogP) is 1.90. The minimum absolute atomic E-state index is 0.193. The predicted molar refractivity (Wildman–Crippen MR) is 52.8 cm³/mol. The smallest absolute Gasteiger partial charge is 0.226 e. The Morgan fingerprint density at radius 1 is 1.14 bits per heavy atom. The van der Waals surface area contributed by atoms with Crippen molar-refractivity contribution in [3.05, 3.63) is 35.5 Å². The van der Waals surface area contributed by atoms with Crippen LogP contribution in [0.3, 0.4) is 0 Å². The highest BCUT2D eigenvalue weighted by Gasteiger charge is 2.04. The molecule has 4 nitrogen and oxygen atoms in total. The second-order valence-corrected chi connectivity index (χ2v) is 3.03. The summed E-state index contributed by atoms with van der Waals surface area (Å²) in [5.74, 6) is 1.09. The summed E-state index contributed by atoms with van der Waals surface area (Å²) in [4.78, 5) is 16.1. The maximum absolute atomic E-state index is 5.71. The lowest BCUT2D eigenvalue weighted by molar-refractivity contribution is 0.975. The van der Waals surface area contributed by atoms with Gasteiger partial charge in [-0.3, -0.25) is 4.98 Å². The van der Waals surface area contributed by atoms with Crippen molar-refractivity contribution in [2.75, 3.05) is 0 Å². The molecular formula is C9H7ClN4. The van der Waals surface area contributed by atoms with Crippen molar-refractivity contribution in [1.82, 2.24) is 19.9 Å². The fourth-order valence-electron chi connectivity index (χ4n) is 1.06. The number of aromatic nitrogens is 4. The molecule has 70 valence electrons. The molecule has 0 saturated heterocycles. The summed E-state index contributed by atoms with van der Waals surface area (Å²) in [5.41, 5.74) is 0.694. The molecule has 2 rings (SSSR count). The summed E-state index contributed by atoms with van der Waals surface area (Å²) in [7, 11) is 0. The van der Waals surface area contributed by atoms with Crippen molar-refractivity contribution in [2.24, 2.45) is 0 Å². The van der Waals surface area contributed by atoms with E-state index in [0.717, 1.165) is 0 Å². The van der Waals surface area contributed by atoms with Gasteiger partial charge >= 0.3 is 0 Å². The van der Waals surface area contributed by atoms with E-state index in [1.807, 2.05) is 18.2 Å². The van der Waals surface area contributed by atoms with E-state index in [9.17, 15) is 0 Å². The quantitative estimate of drug-likeness (QED) is 0.715. The Balaban J connectivity index is 2.52. The van der Waals surface area contributed by atoms with Gasteiger partial charge in [-0.2, -0.15) is 4.98 Å². The average Bonchev–Trinajstić information content (AvgIpc) is 2.18. The first-order chi connectivity index (χ1) is 6.75. The lowest BCUT2D eigenvalue weighted by atomic mass is 10.3. The Hall–Kier alpha value is -1.55. The summed E-state index contributed by atoms with van der Waals surface area (Å²) in [6.07, 6.45) is 1.68. The van der Waals surface area contributed by atoms with Crippen molar-refractivity contribution in [3.63, 3.8) is 0 Å². The molecule has 0 saturated carbocycles. The zero-order valence-corrected chi connectivity index (χ0v) is 8.23. The molecular weight excluding hydrogens is 200 g/mol. The molecule has 0 atom stereocenters. The van der Waals surface area contributed by atoms with E-state index in [1.165, 1.54) is 0 Å². The molecule has 0 bridgehead atoms. The van der Waals surface area contributed by atoms with Crippen LogP contribution < -0.4 is 0 Å². The maximum atomic E-state index is 5.71. The molecule has 0 aromatic carbocycles. The van der Waals surface area contributed by atoms with Crippen LogP contribution >= 0.6 is 11.6 Å². The summed E-state index contributed by atoms with van der Waals surface area (Å²) in [6.45, 7) is 1.76. The highest BCUT2D eigenvalue weighted by Crippen LogP contribution is 2.12. The van der Waals surface area contributed by atoms with Gasteiger partial charge in [0.2, 0.25) is 5.28 Å². The van der Waals surface area contributed by atoms with E-state index in [0.29, 0.717) is 17.3 Å². The summed E-state index contributed by atoms with van der Waals surface area (Å²) in [6, 6.07) is 5.53. The van der Waals surface area contributed by atoms with Crippen molar-refractivity contribution in [1.29, 1.82) is 0 Å². The standard InChI is InChI=1S/C9H7ClN4/c1-6-12-8(14-9(10)13-6)7-4-2-3-5-11-7/h2-5H,1H3. The molecule has 0 fully saturated rings. The average molecular weight is 207 g/mol. The molecule has 0 spiro atoms. The minimum Gasteiger partial charge on any atom is -0.253 e. The van der Waals surface area contributed by atoms with Crippen LogP contribution in [0.1, 0.15) is 5.82 Å². The number of aryl methyl sites for hydroxylation is 1. The first-order valence-corrected chi connectivity index (χ1v) is 4.43. The van der Waals surface area contributed by atoms with Crippen LogP contribution in [0.4, 0.5) is 0 Å². The minimum atomic E-state index is 0.193. The van der Waals surface area contributed by atoms with Crippen LogP contribution in [0.2, 0.25) is 5.28 Å². The van der Waals surface area contributed by atoms with E-state index >= 15 is 0 Å². The first kappa shape index (κ1) is 9.02. The molecule has 2 heterocycles. The SMILES string of the molecule is Cc1nc(Cl)nc(-c2ccccn2)n1. The highest BCUT2D eigenvalue weighted by atomic mass is 35.5. The molecule has 0 N–H and O–H groups in total. The Labute approximate surface area is 86.0 Å². The molecule has 0 amide bonds. The van der Waals surface area contributed by atoms with Gasteiger partial charge in [-0.05, 0) is 30.7 Å². The van der Waals surface area contributed by atoms with Crippen LogP contribution in [-0.4, -0.2) is 19.9 Å². The summed E-state index contributed by atoms with van der Waals surface area (Å²) >= 11 is 5.71. The van der Waals surface area contributed by atoms with Crippen molar-refractivity contribution in [3.8, 4) is 11.5 Å². The van der Waals surface area contributed by atoms with Gasteiger partial charge in [-0.1, -0.05) is 6.07 Å². The Kier molecular flexibility index (Phi) is 2.37. The highest BCUT2D eigenvalue weighted by molar-refractivity contribution is 6.28. The van der Waals surface area contributed by atoms with E-state index in [2.05, 4.69) is 19.9 Å². The summed E-state index contributed by atoms with van der Waals surface area (Å²) in [5, 5.41) is 0.193. The fraction of sp³-hybridized carbons (Fsp3) is 0.111. The lowest BCUT2D eigenvalue weighted by Crippen LogP contribution is -1.97. The van der Waals surface area contributed by atoms with Crippen molar-refractivity contribution >= 4 is 11.6 Å². The molecule has 0 unspecified atom stereocenters. The number of nitrogens with zero attached hydrogens (tertiary/aromatic N) is 4. The second-order valence-electron chi connectivity index (χ2n) is 2.69. The van der Waals surface area contributed by atoms with Crippen LogP contribution in [0, 0.1) is 6.92 Å². The van der Waals surface area contributed by atoms with Gasteiger partial charge in [0, 0.05) is 6.20 Å². The van der Waals surface area contributed by atoms with Gasteiger partial charge in [0.05, 0.1) is 0 Å². The van der Waals surface area contributed by atoms with Crippen molar-refractivity contribution < 1.29 is 0 Å². The van der Waals surface area contributed by atoms with Gasteiger partial charge in [-0.15, -0.1) is 0 Å². The van der Waals surface area contributed by atoms with Crippen LogP contribution in [0.15, 0.2) is 24.4 Å². The molecule has 14 heavy (non-hydrogen) atoms. The van der Waals surface area contributed by atoms with E-state index in [4.69, 9.17) is 11.6 Å². The van der Waals surface area contributed by atoms with Gasteiger partial charge in [-0.25, -0.2) is 9.97 Å². The number of pyridine rings is 1. The normalized spacial score (nSPS) is 10.1. The van der Waals surface area contributed by atoms with E-state index in [1.54, 1.807) is 13.1 Å². The zero-order chi connectivity index (χ0) is 9.97. The number of hydrogen-bond donors (Lipinski definition) is 0. The van der Waals surface area contributed by atoms with Gasteiger partial charge < -0.3 is 0 Å². The fourth-order valence-corrected chi connectivity index (χ4v) is 1.26. The molecule has 0 radical (unpaired) electrons. The third-order valence-electron chi connectivity index (χ3n) is 1.61. The molecule has 5 heteroatoms. The van der Waals surface area contributed by atoms with Gasteiger partial charge in [0.15, 0.2) is 5.82 Å². The first-order valence-electron chi connectivity index (χ1n) is 4.05. The van der Waals surface area contributed by atoms with Gasteiger partial charge in [0.1, 0.15) is 11.5 Å².